The van der Waals surface area contributed by atoms with E-state index in [9.17, 15) is 0 Å². The van der Waals surface area contributed by atoms with Gasteiger partial charge in [0.25, 0.3) is 0 Å². The van der Waals surface area contributed by atoms with Gasteiger partial charge in [-0.05, 0) is 37.6 Å². The van der Waals surface area contributed by atoms with Crippen LogP contribution >= 0.6 is 35.6 Å². The number of hydrogen-bond donors (Lipinski definition) is 2. The summed E-state index contributed by atoms with van der Waals surface area (Å²) < 4.78 is 0. The minimum absolute atomic E-state index is 0. The van der Waals surface area contributed by atoms with Gasteiger partial charge in [-0.3, -0.25) is 0 Å². The van der Waals surface area contributed by atoms with Crippen LogP contribution in [0, 0.1) is 0 Å². The Morgan fingerprint density at radius 1 is 1.31 bits per heavy atom. The van der Waals surface area contributed by atoms with Crippen molar-refractivity contribution < 1.29 is 0 Å². The Hall–Kier alpha value is -1.81. The summed E-state index contributed by atoms with van der Waals surface area (Å²) in [5.74, 6) is 2.59. The van der Waals surface area contributed by atoms with Gasteiger partial charge in [-0.15, -0.1) is 24.0 Å². The second-order valence-electron chi connectivity index (χ2n) is 6.96. The highest BCUT2D eigenvalue weighted by Crippen LogP contribution is 2.25. The number of aliphatic imine (C=N–C) groups is 1. The number of pyridine rings is 2. The third-order valence-electron chi connectivity index (χ3n) is 4.56. The molecule has 0 bridgehead atoms. The lowest BCUT2D eigenvalue weighted by atomic mass is 10.3. The summed E-state index contributed by atoms with van der Waals surface area (Å²) in [7, 11) is 3.97. The number of aromatic nitrogens is 2. The lowest BCUT2D eigenvalue weighted by Gasteiger charge is -2.20. The molecular weight excluding hydrogens is 501 g/mol. The Morgan fingerprint density at radius 3 is 2.86 bits per heavy atom. The highest BCUT2D eigenvalue weighted by atomic mass is 127. The summed E-state index contributed by atoms with van der Waals surface area (Å²) in [4.78, 5) is 18.0. The molecule has 3 rings (SSSR count). The maximum absolute atomic E-state index is 6.29. The summed E-state index contributed by atoms with van der Waals surface area (Å²) in [5, 5.41) is 7.55. The lowest BCUT2D eigenvalue weighted by Crippen LogP contribution is -2.44. The predicted molar refractivity (Wildman–Crippen MR) is 132 cm³/mol. The van der Waals surface area contributed by atoms with Crippen LogP contribution in [0.4, 0.5) is 11.6 Å². The molecule has 0 saturated carbocycles. The Labute approximate surface area is 195 Å². The van der Waals surface area contributed by atoms with Gasteiger partial charge in [-0.1, -0.05) is 17.7 Å². The fraction of sp³-hybridized carbons (Fsp3) is 0.450. The van der Waals surface area contributed by atoms with Crippen LogP contribution in [-0.4, -0.2) is 55.7 Å². The minimum atomic E-state index is 0. The first-order valence-corrected chi connectivity index (χ1v) is 9.98. The number of guanidine groups is 1. The second-order valence-corrected chi connectivity index (χ2v) is 7.37. The summed E-state index contributed by atoms with van der Waals surface area (Å²) in [6.45, 7) is 5.16. The molecule has 7 nitrogen and oxygen atoms in total. The van der Waals surface area contributed by atoms with Crippen LogP contribution in [0.15, 0.2) is 41.5 Å². The van der Waals surface area contributed by atoms with Gasteiger partial charge in [0.1, 0.15) is 11.6 Å². The molecule has 9 heteroatoms. The van der Waals surface area contributed by atoms with Crippen molar-refractivity contribution in [1.82, 2.24) is 20.6 Å². The molecule has 1 aliphatic rings. The highest BCUT2D eigenvalue weighted by molar-refractivity contribution is 14.0. The van der Waals surface area contributed by atoms with E-state index in [4.69, 9.17) is 16.6 Å². The van der Waals surface area contributed by atoms with Crippen molar-refractivity contribution in [2.24, 2.45) is 4.99 Å². The monoisotopic (exact) mass is 529 g/mol. The molecule has 1 unspecified atom stereocenters. The van der Waals surface area contributed by atoms with Crippen LogP contribution in [0.2, 0.25) is 5.02 Å². The smallest absolute Gasteiger partial charge is 0.191 e. The first kappa shape index (κ1) is 23.5. The van der Waals surface area contributed by atoms with Crippen LogP contribution in [0.3, 0.4) is 0 Å². The van der Waals surface area contributed by atoms with Gasteiger partial charge in [-0.2, -0.15) is 0 Å². The molecule has 3 heterocycles. The number of rotatable bonds is 6. The standard InChI is InChI=1S/C20H28ClN7.HI/c1-4-22-20(24-13-15-7-5-9-18(25-15)27(2)3)26-16-10-12-28(14-16)19-17(21)8-6-11-23-19;/h5-9,11,16H,4,10,12-14H2,1-3H3,(H2,22,24,26);1H. The molecule has 1 saturated heterocycles. The maximum Gasteiger partial charge on any atom is 0.191 e. The zero-order valence-electron chi connectivity index (χ0n) is 17.1. The quantitative estimate of drug-likeness (QED) is 0.340. The average molecular weight is 530 g/mol. The van der Waals surface area contributed by atoms with Crippen LogP contribution in [-0.2, 0) is 6.54 Å². The van der Waals surface area contributed by atoms with Crippen molar-refractivity contribution in [2.75, 3.05) is 43.5 Å². The van der Waals surface area contributed by atoms with E-state index in [1.807, 2.05) is 49.3 Å². The van der Waals surface area contributed by atoms with Gasteiger partial charge in [0.05, 0.1) is 17.3 Å². The van der Waals surface area contributed by atoms with Crippen LogP contribution in [0.25, 0.3) is 0 Å². The molecule has 0 spiro atoms. The van der Waals surface area contributed by atoms with Gasteiger partial charge < -0.3 is 20.4 Å². The van der Waals surface area contributed by atoms with E-state index in [0.29, 0.717) is 11.6 Å². The number of hydrogen-bond acceptors (Lipinski definition) is 5. The molecule has 2 N–H and O–H groups in total. The predicted octanol–water partition coefficient (Wildman–Crippen LogP) is 3.15. The van der Waals surface area contributed by atoms with Gasteiger partial charge in [0.15, 0.2) is 5.96 Å². The van der Waals surface area contributed by atoms with Crippen molar-refractivity contribution in [2.45, 2.75) is 25.9 Å². The van der Waals surface area contributed by atoms with E-state index in [-0.39, 0.29) is 30.0 Å². The Balaban J connectivity index is 0.00000300. The third-order valence-corrected chi connectivity index (χ3v) is 4.86. The zero-order valence-corrected chi connectivity index (χ0v) is 20.2. The van der Waals surface area contributed by atoms with E-state index >= 15 is 0 Å². The first-order valence-electron chi connectivity index (χ1n) is 9.60. The van der Waals surface area contributed by atoms with E-state index in [1.54, 1.807) is 6.20 Å². The van der Waals surface area contributed by atoms with Gasteiger partial charge in [0.2, 0.25) is 0 Å². The molecule has 1 fully saturated rings. The second kappa shape index (κ2) is 11.4. The van der Waals surface area contributed by atoms with Gasteiger partial charge >= 0.3 is 0 Å². The molecule has 2 aromatic heterocycles. The molecule has 0 aliphatic carbocycles. The van der Waals surface area contributed by atoms with Crippen LogP contribution in [0.5, 0.6) is 0 Å². The third kappa shape index (κ3) is 6.60. The van der Waals surface area contributed by atoms with Gasteiger partial charge in [0, 0.05) is 46.0 Å². The molecule has 29 heavy (non-hydrogen) atoms. The van der Waals surface area contributed by atoms with E-state index < -0.39 is 0 Å². The SMILES string of the molecule is CCNC(=NCc1cccc(N(C)C)n1)NC1CCN(c2ncccc2Cl)C1.I. The molecule has 0 aromatic carbocycles. The Kier molecular flexibility index (Phi) is 9.22. The zero-order chi connectivity index (χ0) is 19.9. The van der Waals surface area contributed by atoms with Crippen molar-refractivity contribution in [3.05, 3.63) is 47.2 Å². The summed E-state index contributed by atoms with van der Waals surface area (Å²) in [6, 6.07) is 10.0. The van der Waals surface area contributed by atoms with Crippen LogP contribution < -0.4 is 20.4 Å². The molecule has 1 atom stereocenters. The summed E-state index contributed by atoms with van der Waals surface area (Å²) in [5.41, 5.74) is 0.941. The highest BCUT2D eigenvalue weighted by Gasteiger charge is 2.25. The van der Waals surface area contributed by atoms with E-state index in [0.717, 1.165) is 49.3 Å². The molecular formula is C20H29ClIN7. The first-order chi connectivity index (χ1) is 13.6. The number of halogens is 2. The summed E-state index contributed by atoms with van der Waals surface area (Å²) in [6.07, 6.45) is 2.79. The minimum Gasteiger partial charge on any atom is -0.363 e. The van der Waals surface area contributed by atoms with Crippen molar-refractivity contribution in [3.8, 4) is 0 Å². The fourth-order valence-electron chi connectivity index (χ4n) is 3.16. The normalized spacial score (nSPS) is 16.3. The van der Waals surface area contributed by atoms with Gasteiger partial charge in [-0.25, -0.2) is 15.0 Å². The van der Waals surface area contributed by atoms with E-state index in [1.165, 1.54) is 0 Å². The number of nitrogens with zero attached hydrogens (tertiary/aromatic N) is 5. The maximum atomic E-state index is 6.29. The fourth-order valence-corrected chi connectivity index (χ4v) is 3.40. The Bertz CT molecular complexity index is 815. The average Bonchev–Trinajstić information content (AvgIpc) is 3.15. The molecule has 158 valence electrons. The largest absolute Gasteiger partial charge is 0.363 e. The van der Waals surface area contributed by atoms with E-state index in [2.05, 4.69) is 32.4 Å². The molecule has 1 aliphatic heterocycles. The molecule has 0 radical (unpaired) electrons. The van der Waals surface area contributed by atoms with Crippen molar-refractivity contribution in [3.63, 3.8) is 0 Å². The Morgan fingerprint density at radius 2 is 2.14 bits per heavy atom. The van der Waals surface area contributed by atoms with Crippen molar-refractivity contribution in [1.29, 1.82) is 0 Å². The molecule has 2 aromatic rings. The van der Waals surface area contributed by atoms with Crippen molar-refractivity contribution >= 4 is 53.2 Å². The number of nitrogens with one attached hydrogen (secondary N) is 2. The number of anilines is 2. The topological polar surface area (TPSA) is 68.7 Å². The molecule has 0 amide bonds. The van der Waals surface area contributed by atoms with Crippen LogP contribution in [0.1, 0.15) is 19.0 Å². The summed E-state index contributed by atoms with van der Waals surface area (Å²) >= 11 is 6.29. The lowest BCUT2D eigenvalue weighted by molar-refractivity contribution is 0.648.